The summed E-state index contributed by atoms with van der Waals surface area (Å²) in [6.07, 6.45) is -3.36. The van der Waals surface area contributed by atoms with E-state index in [0.717, 1.165) is 28.8 Å². The molecule has 0 fully saturated rings. The predicted molar refractivity (Wildman–Crippen MR) is 144 cm³/mol. The number of carbonyl (C=O) groups is 2. The number of carbonyl (C=O) groups excluding carboxylic acids is 1. The smallest absolute Gasteiger partial charge is 0.497 e. The number of aliphatic carboxylic acids is 1. The highest BCUT2D eigenvalue weighted by Crippen LogP contribution is 2.35. The molecule has 1 atom stereocenters. The van der Waals surface area contributed by atoms with Gasteiger partial charge < -0.3 is 29.4 Å². The number of carboxylic acids is 1. The quantitative estimate of drug-likeness (QED) is 0.144. The molecule has 0 saturated heterocycles. The molecule has 4 aromatic rings. The maximum Gasteiger partial charge on any atom is 0.573 e. The lowest BCUT2D eigenvalue weighted by Gasteiger charge is -2.23. The maximum atomic E-state index is 14.1. The molecule has 1 heterocycles. The highest BCUT2D eigenvalue weighted by atomic mass is 19.4. The summed E-state index contributed by atoms with van der Waals surface area (Å²) in [5.74, 6) is -2.00. The Balaban J connectivity index is 1.75. The molecule has 42 heavy (non-hydrogen) atoms. The summed E-state index contributed by atoms with van der Waals surface area (Å²) < 4.78 is 74.2. The van der Waals surface area contributed by atoms with E-state index in [9.17, 15) is 27.2 Å². The van der Waals surface area contributed by atoms with Gasteiger partial charge in [0, 0.05) is 59.6 Å². The maximum absolute atomic E-state index is 14.1. The molecule has 4 rings (SSSR count). The van der Waals surface area contributed by atoms with Crippen LogP contribution in [0.3, 0.4) is 0 Å². The molecule has 9 nitrogen and oxygen atoms in total. The summed E-state index contributed by atoms with van der Waals surface area (Å²) in [5, 5.41) is 12.4. The Hall–Kier alpha value is -4.94. The van der Waals surface area contributed by atoms with E-state index >= 15 is 0 Å². The van der Waals surface area contributed by atoms with Crippen molar-refractivity contribution in [1.29, 1.82) is 0 Å². The lowest BCUT2D eigenvalue weighted by atomic mass is 10.0. The number of alkyl halides is 3. The standard InChI is InChI=1S/C29H26F4N2O7/c1-39-21-13-19(14-22(15-21)41-11-3-4-26(36)37)34-27(23-8-6-18(30)12-25(23)40-2)28(38)35-10-9-17-5-7-20(16-24(17)35)42-29(31,32)33/h5-10,12-16,27,34H,3-4,11H2,1-2H3,(H,36,37). The lowest BCUT2D eigenvalue weighted by molar-refractivity contribution is -0.274. The lowest BCUT2D eigenvalue weighted by Crippen LogP contribution is -2.26. The SMILES string of the molecule is COc1cc(NC(C(=O)n2ccc3ccc(OC(F)(F)F)cc32)c2ccc(F)cc2OC)cc(OCCCC(=O)O)c1. The highest BCUT2D eigenvalue weighted by Gasteiger charge is 2.32. The number of hydrogen-bond donors (Lipinski definition) is 2. The molecule has 13 heteroatoms. The first kappa shape index (κ1) is 30.0. The summed E-state index contributed by atoms with van der Waals surface area (Å²) in [6.45, 7) is 0.102. The fraction of sp³-hybridized carbons (Fsp3) is 0.241. The number of rotatable bonds is 12. The number of anilines is 1. The second kappa shape index (κ2) is 12.7. The highest BCUT2D eigenvalue weighted by molar-refractivity contribution is 5.97. The number of methoxy groups -OCH3 is 2. The predicted octanol–water partition coefficient (Wildman–Crippen LogP) is 6.43. The zero-order valence-electron chi connectivity index (χ0n) is 22.4. The summed E-state index contributed by atoms with van der Waals surface area (Å²) in [7, 11) is 2.73. The van der Waals surface area contributed by atoms with E-state index in [1.807, 2.05) is 0 Å². The van der Waals surface area contributed by atoms with E-state index in [1.54, 1.807) is 24.3 Å². The number of halogens is 4. The molecule has 0 saturated carbocycles. The number of benzene rings is 3. The minimum atomic E-state index is -4.93. The fourth-order valence-corrected chi connectivity index (χ4v) is 4.27. The molecule has 0 aliphatic carbocycles. The summed E-state index contributed by atoms with van der Waals surface area (Å²) >= 11 is 0. The van der Waals surface area contributed by atoms with Crippen LogP contribution >= 0.6 is 0 Å². The van der Waals surface area contributed by atoms with E-state index < -0.39 is 35.8 Å². The fourth-order valence-electron chi connectivity index (χ4n) is 4.27. The van der Waals surface area contributed by atoms with Crippen LogP contribution < -0.4 is 24.3 Å². The topological polar surface area (TPSA) is 108 Å². The molecule has 222 valence electrons. The van der Waals surface area contributed by atoms with Crippen molar-refractivity contribution in [3.63, 3.8) is 0 Å². The van der Waals surface area contributed by atoms with Crippen LogP contribution in [-0.4, -0.2) is 48.7 Å². The molecule has 0 amide bonds. The van der Waals surface area contributed by atoms with Crippen molar-refractivity contribution >= 4 is 28.5 Å². The summed E-state index contributed by atoms with van der Waals surface area (Å²) in [5.41, 5.74) is 0.716. The number of ether oxygens (including phenoxy) is 4. The van der Waals surface area contributed by atoms with Crippen LogP contribution in [-0.2, 0) is 4.79 Å². The average molecular weight is 591 g/mol. The first-order valence-corrected chi connectivity index (χ1v) is 12.5. The molecule has 2 N–H and O–H groups in total. The van der Waals surface area contributed by atoms with Crippen molar-refractivity contribution in [1.82, 2.24) is 4.57 Å². The Morgan fingerprint density at radius 3 is 2.40 bits per heavy atom. The van der Waals surface area contributed by atoms with Gasteiger partial charge in [-0.3, -0.25) is 14.2 Å². The van der Waals surface area contributed by atoms with E-state index in [2.05, 4.69) is 10.1 Å². The van der Waals surface area contributed by atoms with Crippen molar-refractivity contribution < 1.29 is 51.2 Å². The minimum Gasteiger partial charge on any atom is -0.497 e. The molecule has 0 bridgehead atoms. The molecule has 3 aromatic carbocycles. The Kier molecular flexibility index (Phi) is 9.09. The van der Waals surface area contributed by atoms with Crippen LogP contribution in [0.4, 0.5) is 23.2 Å². The van der Waals surface area contributed by atoms with Crippen LogP contribution in [0.15, 0.2) is 66.9 Å². The van der Waals surface area contributed by atoms with Gasteiger partial charge in [0.2, 0.25) is 0 Å². The number of aromatic nitrogens is 1. The minimum absolute atomic E-state index is 0.0476. The molecule has 1 unspecified atom stereocenters. The first-order chi connectivity index (χ1) is 20.0. The van der Waals surface area contributed by atoms with Gasteiger partial charge in [-0.15, -0.1) is 13.2 Å². The molecule has 0 aliphatic rings. The zero-order chi connectivity index (χ0) is 30.4. The van der Waals surface area contributed by atoms with Gasteiger partial charge in [-0.05, 0) is 36.8 Å². The van der Waals surface area contributed by atoms with Gasteiger partial charge in [0.15, 0.2) is 0 Å². The van der Waals surface area contributed by atoms with Crippen molar-refractivity contribution in [2.75, 3.05) is 26.1 Å². The van der Waals surface area contributed by atoms with E-state index in [-0.39, 0.29) is 36.3 Å². The van der Waals surface area contributed by atoms with Gasteiger partial charge in [-0.2, -0.15) is 0 Å². The van der Waals surface area contributed by atoms with Crippen LogP contribution in [0, 0.1) is 5.82 Å². The number of hydrogen-bond acceptors (Lipinski definition) is 7. The molecule has 0 spiro atoms. The van der Waals surface area contributed by atoms with Gasteiger partial charge in [0.1, 0.15) is 34.9 Å². The third kappa shape index (κ3) is 7.42. The molecule has 0 aliphatic heterocycles. The van der Waals surface area contributed by atoms with Gasteiger partial charge in [-0.1, -0.05) is 0 Å². The molecular weight excluding hydrogens is 564 g/mol. The number of nitrogens with zero attached hydrogens (tertiary/aromatic N) is 1. The Morgan fingerprint density at radius 1 is 0.952 bits per heavy atom. The zero-order valence-corrected chi connectivity index (χ0v) is 22.4. The van der Waals surface area contributed by atoms with Gasteiger partial charge in [-0.25, -0.2) is 4.39 Å². The van der Waals surface area contributed by atoms with Gasteiger partial charge in [0.25, 0.3) is 5.91 Å². The first-order valence-electron chi connectivity index (χ1n) is 12.5. The number of carboxylic acid groups (broad SMARTS) is 1. The normalized spacial score (nSPS) is 12.0. The largest absolute Gasteiger partial charge is 0.573 e. The summed E-state index contributed by atoms with van der Waals surface area (Å²) in [4.78, 5) is 24.9. The number of nitrogens with one attached hydrogen (secondary N) is 1. The second-order valence-corrected chi connectivity index (χ2v) is 9.00. The van der Waals surface area contributed by atoms with E-state index in [1.165, 1.54) is 32.5 Å². The molecule has 0 radical (unpaired) electrons. The monoisotopic (exact) mass is 590 g/mol. The van der Waals surface area contributed by atoms with Crippen molar-refractivity contribution in [3.8, 4) is 23.0 Å². The Labute approximate surface area is 237 Å². The van der Waals surface area contributed by atoms with E-state index in [0.29, 0.717) is 22.6 Å². The van der Waals surface area contributed by atoms with Crippen molar-refractivity contribution in [3.05, 3.63) is 78.2 Å². The second-order valence-electron chi connectivity index (χ2n) is 9.00. The third-order valence-corrected chi connectivity index (χ3v) is 6.12. The van der Waals surface area contributed by atoms with Gasteiger partial charge in [0.05, 0.1) is 26.3 Å². The van der Waals surface area contributed by atoms with Crippen LogP contribution in [0.2, 0.25) is 0 Å². The third-order valence-electron chi connectivity index (χ3n) is 6.12. The number of fused-ring (bicyclic) bond motifs is 1. The summed E-state index contributed by atoms with van der Waals surface area (Å²) in [6, 6.07) is 12.2. The molecule has 1 aromatic heterocycles. The Morgan fingerprint density at radius 2 is 1.71 bits per heavy atom. The van der Waals surface area contributed by atoms with Gasteiger partial charge >= 0.3 is 12.3 Å². The average Bonchev–Trinajstić information content (AvgIpc) is 3.36. The molecular formula is C29H26F4N2O7. The van der Waals surface area contributed by atoms with Crippen molar-refractivity contribution in [2.45, 2.75) is 25.2 Å². The van der Waals surface area contributed by atoms with Crippen LogP contribution in [0.5, 0.6) is 23.0 Å². The van der Waals surface area contributed by atoms with Crippen LogP contribution in [0.25, 0.3) is 10.9 Å². The van der Waals surface area contributed by atoms with Crippen LogP contribution in [0.1, 0.15) is 29.2 Å². The van der Waals surface area contributed by atoms with Crippen molar-refractivity contribution in [2.24, 2.45) is 0 Å². The Bertz CT molecular complexity index is 1590. The van der Waals surface area contributed by atoms with E-state index in [4.69, 9.17) is 19.3 Å².